The summed E-state index contributed by atoms with van der Waals surface area (Å²) in [5.74, 6) is 4.23. The van der Waals surface area contributed by atoms with E-state index in [9.17, 15) is 50.6 Å². The molecule has 0 saturated carbocycles. The molecule has 2 aromatic carbocycles. The van der Waals surface area contributed by atoms with E-state index in [1.807, 2.05) is 22.8 Å². The summed E-state index contributed by atoms with van der Waals surface area (Å²) in [6, 6.07) is 19.9. The van der Waals surface area contributed by atoms with Gasteiger partial charge in [-0.05, 0) is 94.5 Å². The molecule has 3 aliphatic rings. The van der Waals surface area contributed by atoms with E-state index in [1.165, 1.54) is 0 Å². The number of carbonyl (C=O) groups is 4. The fraction of sp³-hybridized carbons (Fsp3) is 0.481. The number of alkyl carbamates (subject to hydrolysis) is 2. The largest absolute Gasteiger partial charge is 0.453 e. The molecule has 0 spiro atoms. The number of piperazine rings is 1. The molecule has 0 unspecified atom stereocenters. The summed E-state index contributed by atoms with van der Waals surface area (Å²) >= 11 is 0. The van der Waals surface area contributed by atoms with Crippen LogP contribution in [0.1, 0.15) is 62.8 Å². The summed E-state index contributed by atoms with van der Waals surface area (Å²) < 4.78 is 102. The van der Waals surface area contributed by atoms with Crippen LogP contribution >= 0.6 is 0 Å². The molecule has 7 rings (SSSR count). The zero-order chi connectivity index (χ0) is 55.9. The van der Waals surface area contributed by atoms with E-state index < -0.39 is 78.0 Å². The lowest BCUT2D eigenvalue weighted by Gasteiger charge is -2.47. The van der Waals surface area contributed by atoms with Crippen LogP contribution < -0.4 is 26.3 Å². The van der Waals surface area contributed by atoms with Crippen LogP contribution in [-0.4, -0.2) is 151 Å². The third-order valence-corrected chi connectivity index (χ3v) is 14.4. The van der Waals surface area contributed by atoms with Crippen molar-refractivity contribution >= 4 is 29.8 Å². The van der Waals surface area contributed by atoms with E-state index in [-0.39, 0.29) is 13.0 Å². The molecule has 4 aromatic rings. The number of aromatic nitrogens is 2. The molecule has 3 fully saturated rings. The highest BCUT2D eigenvalue weighted by atomic mass is 19.4. The first-order valence-electron chi connectivity index (χ1n) is 25.0. The molecular formula is C54H63F6N9O8. The van der Waals surface area contributed by atoms with Crippen LogP contribution in [0.5, 0.6) is 0 Å². The fourth-order valence-corrected chi connectivity index (χ4v) is 9.44. The van der Waals surface area contributed by atoms with Crippen molar-refractivity contribution in [1.29, 1.82) is 0 Å². The van der Waals surface area contributed by atoms with Gasteiger partial charge >= 0.3 is 24.5 Å². The Morgan fingerprint density at radius 2 is 1.40 bits per heavy atom. The third-order valence-electron chi connectivity index (χ3n) is 14.4. The van der Waals surface area contributed by atoms with Crippen molar-refractivity contribution in [2.24, 2.45) is 10.8 Å². The van der Waals surface area contributed by atoms with Gasteiger partial charge in [-0.2, -0.15) is 26.3 Å². The minimum atomic E-state index is -5.09. The Morgan fingerprint density at radius 3 is 1.95 bits per heavy atom. The topological polar surface area (TPSA) is 200 Å². The number of alkyl halides is 6. The molecule has 414 valence electrons. The van der Waals surface area contributed by atoms with E-state index in [0.717, 1.165) is 64.1 Å². The molecule has 5 heterocycles. The normalized spacial score (nSPS) is 18.6. The first kappa shape index (κ1) is 57.7. The van der Waals surface area contributed by atoms with Gasteiger partial charge in [-0.25, -0.2) is 19.6 Å². The monoisotopic (exact) mass is 1080 g/mol. The van der Waals surface area contributed by atoms with E-state index in [4.69, 9.17) is 14.5 Å². The van der Waals surface area contributed by atoms with Crippen LogP contribution in [-0.2, 0) is 36.8 Å². The standard InChI is InChI=1S/C54H63F6N9O8/c1-51(2,53(55,56)57)45(65-50(74)75-6)47(71)64-42(25-34-13-10-33(11-14-34)12-15-35-18-23-44(63-26-35)67-28-38-21-22-39(29-67)69(38)40-31-76-32-40)43(70)30-68(27-36-16-19-37(20-17-36)41-9-7-8-24-62-41)66-48(72)46(77-49(73)61-5)52(3,4)54(58,59)60/h7-11,13-14,16-20,23-24,26,38-40,42-43,45-46,70H,21-22,25,27-32H2,1-6H3,(H,61,73)(H,64,71)(H,65,74)(H,66,72)/t38-,39-,42-,43-,45+,46+/m0/s1. The van der Waals surface area contributed by atoms with Crippen LogP contribution in [0.3, 0.4) is 0 Å². The van der Waals surface area contributed by atoms with Gasteiger partial charge in [0.1, 0.15) is 17.3 Å². The fourth-order valence-electron chi connectivity index (χ4n) is 9.44. The molecule has 3 saturated heterocycles. The molecule has 4 amide bonds. The van der Waals surface area contributed by atoms with Crippen molar-refractivity contribution in [3.05, 3.63) is 114 Å². The second-order valence-corrected chi connectivity index (χ2v) is 20.5. The molecule has 0 aliphatic carbocycles. The Bertz CT molecular complexity index is 2720. The molecule has 77 heavy (non-hydrogen) atoms. The van der Waals surface area contributed by atoms with Gasteiger partial charge in [0.05, 0.1) is 49.6 Å². The molecule has 6 atom stereocenters. The first-order valence-corrected chi connectivity index (χ1v) is 25.0. The third kappa shape index (κ3) is 14.0. The van der Waals surface area contributed by atoms with Gasteiger partial charge < -0.3 is 40.2 Å². The highest BCUT2D eigenvalue weighted by Gasteiger charge is 2.58. The number of hydrogen-bond donors (Lipinski definition) is 5. The summed E-state index contributed by atoms with van der Waals surface area (Å²) in [7, 11) is 1.98. The maximum absolute atomic E-state index is 14.6. The maximum Gasteiger partial charge on any atom is 0.407 e. The number of carbonyl (C=O) groups excluding carboxylic acids is 4. The van der Waals surface area contributed by atoms with Gasteiger partial charge in [0.25, 0.3) is 5.91 Å². The number of fused-ring (bicyclic) bond motifs is 2. The van der Waals surface area contributed by atoms with Crippen LogP contribution in [0.25, 0.3) is 11.3 Å². The molecular weight excluding hydrogens is 1020 g/mol. The van der Waals surface area contributed by atoms with Crippen LogP contribution in [0.15, 0.2) is 91.3 Å². The number of benzene rings is 2. The number of halogens is 6. The van der Waals surface area contributed by atoms with Gasteiger partial charge in [-0.1, -0.05) is 54.3 Å². The molecule has 5 N–H and O–H groups in total. The highest BCUT2D eigenvalue weighted by molar-refractivity contribution is 5.87. The molecule has 2 aromatic heterocycles. The van der Waals surface area contributed by atoms with Gasteiger partial charge in [0.2, 0.25) is 5.91 Å². The lowest BCUT2D eigenvalue weighted by atomic mass is 9.82. The lowest BCUT2D eigenvalue weighted by Crippen LogP contribution is -2.62. The zero-order valence-corrected chi connectivity index (χ0v) is 43.4. The minimum Gasteiger partial charge on any atom is -0.453 e. The molecule has 3 aliphatic heterocycles. The van der Waals surface area contributed by atoms with Crippen molar-refractivity contribution in [2.75, 3.05) is 51.9 Å². The SMILES string of the molecule is CNC(=O)O[C@H](C(=O)NN(Cc1ccc(-c2ccccn2)cc1)C[C@H](O)[C@H](Cc1ccc(C#Cc2ccc(N3C[C@@H]4CC[C@@H](C3)N4C3COC3)nc2)cc1)NC(=O)[C@@H](NC(=O)OC)C(C)(C)C(F)(F)F)C(C)(C)C(F)(F)F. The second-order valence-electron chi connectivity index (χ2n) is 20.5. The summed E-state index contributed by atoms with van der Waals surface area (Å²) in [4.78, 5) is 66.9. The van der Waals surface area contributed by atoms with Crippen molar-refractivity contribution in [1.82, 2.24) is 41.3 Å². The van der Waals surface area contributed by atoms with Gasteiger partial charge in [-0.15, -0.1) is 0 Å². The Kier molecular flexibility index (Phi) is 18.1. The zero-order valence-electron chi connectivity index (χ0n) is 43.4. The number of ether oxygens (including phenoxy) is 3. The number of methoxy groups -OCH3 is 1. The molecule has 23 heteroatoms. The number of anilines is 1. The number of nitrogens with zero attached hydrogens (tertiary/aromatic N) is 5. The Hall–Kier alpha value is -7.00. The molecule has 0 radical (unpaired) electrons. The molecule has 17 nitrogen and oxygen atoms in total. The maximum atomic E-state index is 14.6. The predicted octanol–water partition coefficient (Wildman–Crippen LogP) is 6.14. The van der Waals surface area contributed by atoms with E-state index in [2.05, 4.69) is 42.1 Å². The van der Waals surface area contributed by atoms with E-state index in [1.54, 1.807) is 79.1 Å². The number of hydrogen-bond acceptors (Lipinski definition) is 13. The van der Waals surface area contributed by atoms with Crippen molar-refractivity contribution < 1.29 is 64.8 Å². The number of nitrogens with one attached hydrogen (secondary N) is 4. The smallest absolute Gasteiger partial charge is 0.407 e. The Morgan fingerprint density at radius 1 is 0.779 bits per heavy atom. The number of hydrazine groups is 1. The highest BCUT2D eigenvalue weighted by Crippen LogP contribution is 2.43. The predicted molar refractivity (Wildman–Crippen MR) is 270 cm³/mol. The van der Waals surface area contributed by atoms with Crippen molar-refractivity contribution in [3.63, 3.8) is 0 Å². The summed E-state index contributed by atoms with van der Waals surface area (Å²) in [5.41, 5.74) is -0.152. The van der Waals surface area contributed by atoms with E-state index in [0.29, 0.717) is 79.3 Å². The quantitative estimate of drug-likeness (QED) is 0.0433. The van der Waals surface area contributed by atoms with Crippen molar-refractivity contribution in [2.45, 2.75) is 108 Å². The average Bonchev–Trinajstić information content (AvgIpc) is 3.61. The first-order chi connectivity index (χ1) is 36.4. The number of pyridine rings is 2. The summed E-state index contributed by atoms with van der Waals surface area (Å²) in [6.07, 6.45) is -11.9. The van der Waals surface area contributed by atoms with Gasteiger partial charge in [-0.3, -0.25) is 24.9 Å². The minimum absolute atomic E-state index is 0.280. The summed E-state index contributed by atoms with van der Waals surface area (Å²) in [6.45, 7) is 5.01. The Labute approximate surface area is 442 Å². The molecule has 2 bridgehead atoms. The van der Waals surface area contributed by atoms with Crippen molar-refractivity contribution in [3.8, 4) is 23.1 Å². The van der Waals surface area contributed by atoms with Crippen LogP contribution in [0.4, 0.5) is 41.7 Å². The second kappa shape index (κ2) is 24.1. The number of amides is 4. The lowest BCUT2D eigenvalue weighted by molar-refractivity contribution is -0.239. The number of rotatable bonds is 18. The Balaban J connectivity index is 1.15. The van der Waals surface area contributed by atoms with Gasteiger partial charge in [0.15, 0.2) is 6.10 Å². The summed E-state index contributed by atoms with van der Waals surface area (Å²) in [5, 5.41) is 19.6. The van der Waals surface area contributed by atoms with E-state index >= 15 is 0 Å². The van der Waals surface area contributed by atoms with Crippen LogP contribution in [0, 0.1) is 22.7 Å². The van der Waals surface area contributed by atoms with Crippen LogP contribution in [0.2, 0.25) is 0 Å². The number of aliphatic hydroxyl groups is 1. The number of aliphatic hydroxyl groups excluding tert-OH is 1. The van der Waals surface area contributed by atoms with Gasteiger partial charge in [0, 0.05) is 74.4 Å². The average molecular weight is 1080 g/mol.